The first-order valence-corrected chi connectivity index (χ1v) is 6.00. The highest BCUT2D eigenvalue weighted by atomic mass is 16.5. The smallest absolute Gasteiger partial charge is 0.0472 e. The highest BCUT2D eigenvalue weighted by Crippen LogP contribution is 2.35. The van der Waals surface area contributed by atoms with Gasteiger partial charge in [-0.15, -0.1) is 0 Å². The van der Waals surface area contributed by atoms with Gasteiger partial charge in [0.25, 0.3) is 0 Å². The standard InChI is InChI=1S/C12H25NO/c1-4-5-7-14-8-6-12(11(2)3)9-13-10-12/h11,13H,4-10H2,1-3H3. The third-order valence-corrected chi connectivity index (χ3v) is 3.57. The molecule has 1 heterocycles. The second-order valence-corrected chi connectivity index (χ2v) is 4.84. The zero-order chi connectivity index (χ0) is 10.4. The monoisotopic (exact) mass is 199 g/mol. The molecule has 1 aliphatic rings. The second-order valence-electron chi connectivity index (χ2n) is 4.84. The molecular formula is C12H25NO. The van der Waals surface area contributed by atoms with Crippen LogP contribution in [0.4, 0.5) is 0 Å². The van der Waals surface area contributed by atoms with Crippen LogP contribution in [0.5, 0.6) is 0 Å². The van der Waals surface area contributed by atoms with Gasteiger partial charge in [0.05, 0.1) is 0 Å². The average Bonchev–Trinajstić information content (AvgIpc) is 2.07. The molecule has 0 aromatic heterocycles. The van der Waals surface area contributed by atoms with Crippen molar-refractivity contribution in [1.29, 1.82) is 0 Å². The molecule has 1 fully saturated rings. The van der Waals surface area contributed by atoms with Crippen molar-refractivity contribution in [2.24, 2.45) is 11.3 Å². The number of nitrogens with one attached hydrogen (secondary N) is 1. The summed E-state index contributed by atoms with van der Waals surface area (Å²) in [5, 5.41) is 3.38. The molecule has 0 saturated carbocycles. The lowest BCUT2D eigenvalue weighted by Gasteiger charge is -2.46. The Morgan fingerprint density at radius 3 is 2.43 bits per heavy atom. The van der Waals surface area contributed by atoms with E-state index in [1.54, 1.807) is 0 Å². The van der Waals surface area contributed by atoms with E-state index in [1.165, 1.54) is 32.4 Å². The van der Waals surface area contributed by atoms with Crippen LogP contribution in [-0.4, -0.2) is 26.3 Å². The minimum absolute atomic E-state index is 0.534. The van der Waals surface area contributed by atoms with Crippen molar-refractivity contribution in [2.45, 2.75) is 40.0 Å². The fourth-order valence-corrected chi connectivity index (χ4v) is 1.94. The molecule has 84 valence electrons. The molecule has 2 heteroatoms. The molecule has 0 atom stereocenters. The molecule has 0 aliphatic carbocycles. The van der Waals surface area contributed by atoms with Crippen LogP contribution in [0.25, 0.3) is 0 Å². The third kappa shape index (κ3) is 2.96. The van der Waals surface area contributed by atoms with Crippen LogP contribution in [0.3, 0.4) is 0 Å². The van der Waals surface area contributed by atoms with E-state index >= 15 is 0 Å². The summed E-state index contributed by atoms with van der Waals surface area (Å²) in [5.41, 5.74) is 0.534. The van der Waals surface area contributed by atoms with Crippen LogP contribution in [0.1, 0.15) is 40.0 Å². The van der Waals surface area contributed by atoms with Gasteiger partial charge in [-0.3, -0.25) is 0 Å². The maximum Gasteiger partial charge on any atom is 0.0472 e. The van der Waals surface area contributed by atoms with Crippen molar-refractivity contribution < 1.29 is 4.74 Å². The van der Waals surface area contributed by atoms with Crippen molar-refractivity contribution in [2.75, 3.05) is 26.3 Å². The zero-order valence-corrected chi connectivity index (χ0v) is 9.94. The molecule has 1 saturated heterocycles. The normalized spacial score (nSPS) is 19.7. The molecule has 0 bridgehead atoms. The van der Waals surface area contributed by atoms with Crippen molar-refractivity contribution in [3.8, 4) is 0 Å². The Kier molecular flexibility index (Phi) is 4.90. The fraction of sp³-hybridized carbons (Fsp3) is 1.00. The lowest BCUT2D eigenvalue weighted by Crippen LogP contribution is -2.56. The molecule has 0 spiro atoms. The first-order chi connectivity index (χ1) is 6.71. The largest absolute Gasteiger partial charge is 0.381 e. The van der Waals surface area contributed by atoms with E-state index < -0.39 is 0 Å². The van der Waals surface area contributed by atoms with Gasteiger partial charge in [-0.25, -0.2) is 0 Å². The van der Waals surface area contributed by atoms with E-state index in [-0.39, 0.29) is 0 Å². The van der Waals surface area contributed by atoms with E-state index in [1.807, 2.05) is 0 Å². The molecule has 1 N–H and O–H groups in total. The molecule has 0 amide bonds. The number of rotatable bonds is 7. The maximum atomic E-state index is 5.63. The van der Waals surface area contributed by atoms with E-state index in [4.69, 9.17) is 4.74 Å². The summed E-state index contributed by atoms with van der Waals surface area (Å²) >= 11 is 0. The third-order valence-electron chi connectivity index (χ3n) is 3.57. The Morgan fingerprint density at radius 1 is 1.29 bits per heavy atom. The molecular weight excluding hydrogens is 174 g/mol. The number of hydrogen-bond donors (Lipinski definition) is 1. The minimum Gasteiger partial charge on any atom is -0.381 e. The van der Waals surface area contributed by atoms with Gasteiger partial charge in [0.2, 0.25) is 0 Å². The predicted molar refractivity (Wildman–Crippen MR) is 60.5 cm³/mol. The van der Waals surface area contributed by atoms with Crippen molar-refractivity contribution in [3.63, 3.8) is 0 Å². The Labute approximate surface area is 88.4 Å². The molecule has 0 radical (unpaired) electrons. The fourth-order valence-electron chi connectivity index (χ4n) is 1.94. The van der Waals surface area contributed by atoms with Gasteiger partial charge >= 0.3 is 0 Å². The average molecular weight is 199 g/mol. The van der Waals surface area contributed by atoms with Crippen LogP contribution in [-0.2, 0) is 4.74 Å². The topological polar surface area (TPSA) is 21.3 Å². The molecule has 1 aliphatic heterocycles. The summed E-state index contributed by atoms with van der Waals surface area (Å²) in [5.74, 6) is 0.776. The van der Waals surface area contributed by atoms with E-state index in [0.29, 0.717) is 5.41 Å². The van der Waals surface area contributed by atoms with Gasteiger partial charge in [-0.1, -0.05) is 27.2 Å². The molecule has 0 aromatic carbocycles. The predicted octanol–water partition coefficient (Wildman–Crippen LogP) is 2.44. The van der Waals surface area contributed by atoms with Gasteiger partial charge in [0.15, 0.2) is 0 Å². The summed E-state index contributed by atoms with van der Waals surface area (Å²) in [4.78, 5) is 0. The quantitative estimate of drug-likeness (QED) is 0.636. The van der Waals surface area contributed by atoms with Gasteiger partial charge in [-0.2, -0.15) is 0 Å². The van der Waals surface area contributed by atoms with Gasteiger partial charge in [0.1, 0.15) is 0 Å². The van der Waals surface area contributed by atoms with E-state index in [0.717, 1.165) is 19.1 Å². The van der Waals surface area contributed by atoms with Crippen LogP contribution < -0.4 is 5.32 Å². The first-order valence-electron chi connectivity index (χ1n) is 6.00. The molecule has 0 unspecified atom stereocenters. The molecule has 0 aromatic rings. The maximum absolute atomic E-state index is 5.63. The van der Waals surface area contributed by atoms with Gasteiger partial charge in [0, 0.05) is 26.3 Å². The second kappa shape index (κ2) is 5.72. The number of hydrogen-bond acceptors (Lipinski definition) is 2. The van der Waals surface area contributed by atoms with Gasteiger partial charge in [-0.05, 0) is 24.2 Å². The molecule has 2 nitrogen and oxygen atoms in total. The zero-order valence-electron chi connectivity index (χ0n) is 9.94. The Hall–Kier alpha value is -0.0800. The van der Waals surface area contributed by atoms with Gasteiger partial charge < -0.3 is 10.1 Å². The molecule has 1 rings (SSSR count). The van der Waals surface area contributed by atoms with Crippen molar-refractivity contribution in [1.82, 2.24) is 5.32 Å². The van der Waals surface area contributed by atoms with Crippen LogP contribution >= 0.6 is 0 Å². The van der Waals surface area contributed by atoms with E-state index in [9.17, 15) is 0 Å². The Bertz CT molecular complexity index is 152. The number of unbranched alkanes of at least 4 members (excludes halogenated alkanes) is 1. The van der Waals surface area contributed by atoms with Crippen LogP contribution in [0.15, 0.2) is 0 Å². The lowest BCUT2D eigenvalue weighted by atomic mass is 9.70. The summed E-state index contributed by atoms with van der Waals surface area (Å²) in [6, 6.07) is 0. The first kappa shape index (κ1) is 12.0. The minimum atomic E-state index is 0.534. The summed E-state index contributed by atoms with van der Waals surface area (Å²) in [6.07, 6.45) is 3.66. The van der Waals surface area contributed by atoms with Crippen LogP contribution in [0.2, 0.25) is 0 Å². The summed E-state index contributed by atoms with van der Waals surface area (Å²) in [6.45, 7) is 11.1. The SMILES string of the molecule is CCCCOCCC1(C(C)C)CNC1. The highest BCUT2D eigenvalue weighted by Gasteiger charge is 2.39. The lowest BCUT2D eigenvalue weighted by molar-refractivity contribution is 0.0330. The van der Waals surface area contributed by atoms with Crippen molar-refractivity contribution in [3.05, 3.63) is 0 Å². The number of ether oxygens (including phenoxy) is 1. The Morgan fingerprint density at radius 2 is 2.00 bits per heavy atom. The van der Waals surface area contributed by atoms with Crippen LogP contribution in [0, 0.1) is 11.3 Å². The highest BCUT2D eigenvalue weighted by molar-refractivity contribution is 4.94. The Balaban J connectivity index is 2.09. The van der Waals surface area contributed by atoms with E-state index in [2.05, 4.69) is 26.1 Å². The molecule has 14 heavy (non-hydrogen) atoms. The summed E-state index contributed by atoms with van der Waals surface area (Å²) < 4.78 is 5.63. The van der Waals surface area contributed by atoms with Crippen molar-refractivity contribution >= 4 is 0 Å². The summed E-state index contributed by atoms with van der Waals surface area (Å²) in [7, 11) is 0.